The average Bonchev–Trinajstić information content (AvgIpc) is 2.95. The number of carbonyl (C=O) groups is 1. The average molecular weight is 205 g/mol. The summed E-state index contributed by atoms with van der Waals surface area (Å²) in [5.74, 6) is -2.28. The molecule has 4 heteroatoms. The molecule has 1 aromatic carbocycles. The van der Waals surface area contributed by atoms with Gasteiger partial charge >= 0.3 is 5.97 Å². The molecule has 2 atom stereocenters. The first-order chi connectivity index (χ1) is 7.15. The van der Waals surface area contributed by atoms with Crippen molar-refractivity contribution in [3.05, 3.63) is 35.1 Å². The Kier molecular flexibility index (Phi) is 2.16. The lowest BCUT2D eigenvalue weighted by molar-refractivity contribution is 0.0690. The summed E-state index contributed by atoms with van der Waals surface area (Å²) in [5, 5.41) is 17.5. The van der Waals surface area contributed by atoms with E-state index in [-0.39, 0.29) is 17.4 Å². The number of benzene rings is 1. The lowest BCUT2D eigenvalue weighted by Gasteiger charge is -2.04. The van der Waals surface area contributed by atoms with Gasteiger partial charge in [0, 0.05) is 5.92 Å². The van der Waals surface area contributed by atoms with Crippen molar-refractivity contribution in [3.63, 3.8) is 0 Å². The Hall–Kier alpha value is -1.89. The zero-order chi connectivity index (χ0) is 11.0. The van der Waals surface area contributed by atoms with Crippen LogP contribution in [0.3, 0.4) is 0 Å². The molecule has 0 amide bonds. The molecule has 0 radical (unpaired) electrons. The van der Waals surface area contributed by atoms with E-state index in [1.807, 2.05) is 0 Å². The van der Waals surface area contributed by atoms with Gasteiger partial charge in [-0.1, -0.05) is 12.1 Å². The summed E-state index contributed by atoms with van der Waals surface area (Å²) in [6, 6.07) is 6.23. The van der Waals surface area contributed by atoms with Crippen molar-refractivity contribution in [2.75, 3.05) is 0 Å². The van der Waals surface area contributed by atoms with Gasteiger partial charge in [0.15, 0.2) is 0 Å². The standard InChI is InChI=1S/C11H8FNO2/c12-9-3-1-2-7(10(9)11(14)15)8-4-6(8)5-13/h1-3,6,8H,4H2,(H,14,15). The summed E-state index contributed by atoms with van der Waals surface area (Å²) in [4.78, 5) is 10.8. The molecule has 15 heavy (non-hydrogen) atoms. The molecule has 0 aromatic heterocycles. The number of carboxylic acids is 1. The monoisotopic (exact) mass is 205 g/mol. The molecule has 2 unspecified atom stereocenters. The molecule has 1 aliphatic carbocycles. The normalized spacial score (nSPS) is 23.2. The molecule has 1 N–H and O–H groups in total. The summed E-state index contributed by atoms with van der Waals surface area (Å²) in [6.45, 7) is 0. The van der Waals surface area contributed by atoms with Crippen LogP contribution < -0.4 is 0 Å². The number of hydrogen-bond donors (Lipinski definition) is 1. The minimum atomic E-state index is -1.27. The number of aromatic carboxylic acids is 1. The van der Waals surface area contributed by atoms with Gasteiger partial charge in [-0.3, -0.25) is 0 Å². The van der Waals surface area contributed by atoms with Crippen molar-refractivity contribution >= 4 is 5.97 Å². The van der Waals surface area contributed by atoms with Crippen LogP contribution in [0.1, 0.15) is 28.3 Å². The lowest BCUT2D eigenvalue weighted by Crippen LogP contribution is -2.05. The molecule has 1 saturated carbocycles. The quantitative estimate of drug-likeness (QED) is 0.804. The summed E-state index contributed by atoms with van der Waals surface area (Å²) >= 11 is 0. The molecular formula is C11H8FNO2. The van der Waals surface area contributed by atoms with Crippen LogP contribution >= 0.6 is 0 Å². The van der Waals surface area contributed by atoms with Crippen molar-refractivity contribution in [2.45, 2.75) is 12.3 Å². The summed E-state index contributed by atoms with van der Waals surface area (Å²) < 4.78 is 13.3. The van der Waals surface area contributed by atoms with Gasteiger partial charge < -0.3 is 5.11 Å². The van der Waals surface area contributed by atoms with Gasteiger partial charge in [-0.25, -0.2) is 9.18 Å². The van der Waals surface area contributed by atoms with Crippen LogP contribution in [0.2, 0.25) is 0 Å². The number of nitriles is 1. The minimum absolute atomic E-state index is 0.114. The van der Waals surface area contributed by atoms with E-state index >= 15 is 0 Å². The zero-order valence-corrected chi connectivity index (χ0v) is 7.77. The van der Waals surface area contributed by atoms with Crippen LogP contribution in [0.4, 0.5) is 4.39 Å². The summed E-state index contributed by atoms with van der Waals surface area (Å²) in [6.07, 6.45) is 0.625. The van der Waals surface area contributed by atoms with E-state index in [2.05, 4.69) is 6.07 Å². The van der Waals surface area contributed by atoms with E-state index in [4.69, 9.17) is 10.4 Å². The van der Waals surface area contributed by atoms with Gasteiger partial charge in [-0.15, -0.1) is 0 Å². The van der Waals surface area contributed by atoms with Gasteiger partial charge in [-0.2, -0.15) is 5.26 Å². The van der Waals surface area contributed by atoms with Crippen molar-refractivity contribution in [2.24, 2.45) is 5.92 Å². The SMILES string of the molecule is N#CC1CC1c1cccc(F)c1C(=O)O. The smallest absolute Gasteiger partial charge is 0.338 e. The Morgan fingerprint density at radius 2 is 2.33 bits per heavy atom. The highest BCUT2D eigenvalue weighted by atomic mass is 19.1. The Morgan fingerprint density at radius 3 is 2.87 bits per heavy atom. The van der Waals surface area contributed by atoms with Crippen molar-refractivity contribution < 1.29 is 14.3 Å². The van der Waals surface area contributed by atoms with E-state index in [9.17, 15) is 9.18 Å². The molecule has 76 valence electrons. The summed E-state index contributed by atoms with van der Waals surface area (Å²) in [7, 11) is 0. The van der Waals surface area contributed by atoms with Gasteiger partial charge in [0.25, 0.3) is 0 Å². The third-order valence-electron chi connectivity index (χ3n) is 2.62. The van der Waals surface area contributed by atoms with Crippen LogP contribution in [0.25, 0.3) is 0 Å². The van der Waals surface area contributed by atoms with Gasteiger partial charge in [0.05, 0.1) is 17.6 Å². The molecule has 3 nitrogen and oxygen atoms in total. The second kappa shape index (κ2) is 3.35. The van der Waals surface area contributed by atoms with E-state index in [1.54, 1.807) is 6.07 Å². The highest BCUT2D eigenvalue weighted by Crippen LogP contribution is 2.48. The molecule has 1 fully saturated rings. The maximum Gasteiger partial charge on any atom is 0.338 e. The molecule has 1 aromatic rings. The fraction of sp³-hybridized carbons (Fsp3) is 0.273. The third-order valence-corrected chi connectivity index (χ3v) is 2.62. The molecule has 0 bridgehead atoms. The second-order valence-corrected chi connectivity index (χ2v) is 3.59. The minimum Gasteiger partial charge on any atom is -0.478 e. The predicted octanol–water partition coefficient (Wildman–Crippen LogP) is 2.15. The first-order valence-corrected chi connectivity index (χ1v) is 4.56. The fourth-order valence-electron chi connectivity index (χ4n) is 1.76. The second-order valence-electron chi connectivity index (χ2n) is 3.59. The Bertz CT molecular complexity index is 464. The Labute approximate surface area is 85.8 Å². The van der Waals surface area contributed by atoms with Crippen LogP contribution in [0, 0.1) is 23.1 Å². The van der Waals surface area contributed by atoms with Crippen molar-refractivity contribution in [3.8, 4) is 6.07 Å². The maximum absolute atomic E-state index is 13.3. The molecule has 0 spiro atoms. The molecule has 1 aliphatic rings. The Balaban J connectivity index is 2.44. The Morgan fingerprint density at radius 1 is 1.60 bits per heavy atom. The van der Waals surface area contributed by atoms with Gasteiger partial charge in [0.1, 0.15) is 5.82 Å². The van der Waals surface area contributed by atoms with E-state index in [0.29, 0.717) is 12.0 Å². The van der Waals surface area contributed by atoms with E-state index in [1.165, 1.54) is 6.07 Å². The first-order valence-electron chi connectivity index (χ1n) is 4.56. The molecule has 2 rings (SSSR count). The topological polar surface area (TPSA) is 61.1 Å². The number of carboxylic acid groups (broad SMARTS) is 1. The highest BCUT2D eigenvalue weighted by Gasteiger charge is 2.41. The summed E-state index contributed by atoms with van der Waals surface area (Å²) in [5.41, 5.74) is 0.148. The van der Waals surface area contributed by atoms with Crippen LogP contribution in [0.5, 0.6) is 0 Å². The van der Waals surface area contributed by atoms with Crippen molar-refractivity contribution in [1.29, 1.82) is 5.26 Å². The molecule has 0 heterocycles. The number of nitrogens with zero attached hydrogens (tertiary/aromatic N) is 1. The van der Waals surface area contributed by atoms with Crippen molar-refractivity contribution in [1.82, 2.24) is 0 Å². The molecule has 0 aliphatic heterocycles. The van der Waals surface area contributed by atoms with Gasteiger partial charge in [0.2, 0.25) is 0 Å². The molecule has 0 saturated heterocycles. The van der Waals surface area contributed by atoms with Crippen LogP contribution in [0.15, 0.2) is 18.2 Å². The predicted molar refractivity (Wildman–Crippen MR) is 49.8 cm³/mol. The van der Waals surface area contributed by atoms with E-state index < -0.39 is 11.8 Å². The van der Waals surface area contributed by atoms with Crippen LogP contribution in [-0.4, -0.2) is 11.1 Å². The first kappa shape index (κ1) is 9.66. The fourth-order valence-corrected chi connectivity index (χ4v) is 1.76. The largest absolute Gasteiger partial charge is 0.478 e. The maximum atomic E-state index is 13.3. The van der Waals surface area contributed by atoms with E-state index in [0.717, 1.165) is 6.07 Å². The number of halogens is 1. The lowest BCUT2D eigenvalue weighted by atomic mass is 10.0. The highest BCUT2D eigenvalue weighted by molar-refractivity contribution is 5.90. The third kappa shape index (κ3) is 1.57. The zero-order valence-electron chi connectivity index (χ0n) is 7.77. The molecular weight excluding hydrogens is 197 g/mol. The van der Waals surface area contributed by atoms with Crippen LogP contribution in [-0.2, 0) is 0 Å². The number of rotatable bonds is 2. The number of hydrogen-bond acceptors (Lipinski definition) is 2. The van der Waals surface area contributed by atoms with Gasteiger partial charge in [-0.05, 0) is 18.1 Å².